The molecule has 0 amide bonds. The molecule has 2 heteroatoms. The maximum absolute atomic E-state index is 8.91. The summed E-state index contributed by atoms with van der Waals surface area (Å²) in [6.45, 7) is 2.37. The van der Waals surface area contributed by atoms with Gasteiger partial charge in [-0.15, -0.1) is 5.56 Å². The van der Waals surface area contributed by atoms with Gasteiger partial charge in [-0.3, -0.25) is 0 Å². The van der Waals surface area contributed by atoms with Crippen molar-refractivity contribution in [2.45, 2.75) is 32.8 Å². The molecule has 0 saturated heterocycles. The normalized spacial score (nSPS) is 9.06. The van der Waals surface area contributed by atoms with Crippen molar-refractivity contribution in [3.8, 4) is 0 Å². The third-order valence-electron chi connectivity index (χ3n) is 2.53. The zero-order valence-corrected chi connectivity index (χ0v) is 11.4. The third kappa shape index (κ3) is 6.47. The smallest absolute Gasteiger partial charge is 0.404 e. The fourth-order valence-corrected chi connectivity index (χ4v) is 1.58. The van der Waals surface area contributed by atoms with Gasteiger partial charge in [-0.05, 0) is 0 Å². The van der Waals surface area contributed by atoms with Crippen molar-refractivity contribution in [2.24, 2.45) is 0 Å². The SMILES string of the molecule is CCCCc1ccc[c-]1CO.[Fe+2].c1cc[cH-]c1. The average Bonchev–Trinajstić information content (AvgIpc) is 2.99. The van der Waals surface area contributed by atoms with Crippen molar-refractivity contribution in [1.82, 2.24) is 0 Å². The van der Waals surface area contributed by atoms with Crippen molar-refractivity contribution in [1.29, 1.82) is 0 Å². The van der Waals surface area contributed by atoms with E-state index < -0.39 is 0 Å². The molecule has 94 valence electrons. The summed E-state index contributed by atoms with van der Waals surface area (Å²) in [6, 6.07) is 16.1. The number of hydrogen-bond acceptors (Lipinski definition) is 1. The summed E-state index contributed by atoms with van der Waals surface area (Å²) in [5.41, 5.74) is 2.41. The van der Waals surface area contributed by atoms with Gasteiger partial charge in [0.15, 0.2) is 0 Å². The Morgan fingerprint density at radius 1 is 1.24 bits per heavy atom. The Kier molecular flexibility index (Phi) is 9.84. The van der Waals surface area contributed by atoms with Crippen LogP contribution in [-0.2, 0) is 30.1 Å². The molecule has 0 aliphatic carbocycles. The first-order chi connectivity index (χ1) is 7.88. The summed E-state index contributed by atoms with van der Waals surface area (Å²) in [6.07, 6.45) is 3.55. The molecule has 1 N–H and O–H groups in total. The summed E-state index contributed by atoms with van der Waals surface area (Å²) >= 11 is 0. The van der Waals surface area contributed by atoms with Crippen LogP contribution in [0.3, 0.4) is 0 Å². The third-order valence-corrected chi connectivity index (χ3v) is 2.53. The van der Waals surface area contributed by atoms with E-state index in [1.54, 1.807) is 0 Å². The molecule has 0 radical (unpaired) electrons. The van der Waals surface area contributed by atoms with E-state index in [1.165, 1.54) is 18.4 Å². The number of aliphatic hydroxyl groups excluding tert-OH is 1. The van der Waals surface area contributed by atoms with E-state index >= 15 is 0 Å². The second kappa shape index (κ2) is 10.3. The van der Waals surface area contributed by atoms with Gasteiger partial charge in [0.05, 0.1) is 0 Å². The second-order valence-corrected chi connectivity index (χ2v) is 3.80. The zero-order valence-electron chi connectivity index (χ0n) is 10.2. The summed E-state index contributed by atoms with van der Waals surface area (Å²) in [7, 11) is 0. The Bertz CT molecular complexity index is 331. The van der Waals surface area contributed by atoms with Gasteiger partial charge in [0, 0.05) is 6.61 Å². The van der Waals surface area contributed by atoms with E-state index in [0.717, 1.165) is 12.0 Å². The molecule has 2 rings (SSSR count). The minimum absolute atomic E-state index is 0. The number of unbranched alkanes of at least 4 members (excludes halogenated alkanes) is 1. The molecule has 0 bridgehead atoms. The largest absolute Gasteiger partial charge is 2.00 e. The van der Waals surface area contributed by atoms with Gasteiger partial charge in [0.1, 0.15) is 0 Å². The monoisotopic (exact) mass is 272 g/mol. The first-order valence-corrected chi connectivity index (χ1v) is 5.89. The predicted octanol–water partition coefficient (Wildman–Crippen LogP) is 3.64. The van der Waals surface area contributed by atoms with Crippen LogP contribution >= 0.6 is 0 Å². The number of aryl methyl sites for hydroxylation is 1. The molecule has 0 saturated carbocycles. The fourth-order valence-electron chi connectivity index (χ4n) is 1.58. The molecule has 0 aromatic heterocycles. The maximum Gasteiger partial charge on any atom is 2.00 e. The standard InChI is InChI=1S/C10H15O.C5H5.Fe/c1-2-3-5-9-6-4-7-10(9)8-11;1-2-4-5-3-1;/h4,6-7,11H,2-3,5,8H2,1H3;1-5H;/q2*-1;+2. The Morgan fingerprint density at radius 2 is 1.94 bits per heavy atom. The molecule has 17 heavy (non-hydrogen) atoms. The van der Waals surface area contributed by atoms with Crippen molar-refractivity contribution < 1.29 is 22.2 Å². The van der Waals surface area contributed by atoms with Crippen LogP contribution in [0.25, 0.3) is 0 Å². The number of aliphatic hydroxyl groups is 1. The summed E-state index contributed by atoms with van der Waals surface area (Å²) in [5.74, 6) is 0. The molecular formula is C15H20FeO. The number of rotatable bonds is 4. The molecule has 0 unspecified atom stereocenters. The van der Waals surface area contributed by atoms with E-state index in [2.05, 4.69) is 13.0 Å². The molecule has 0 atom stereocenters. The van der Waals surface area contributed by atoms with E-state index in [4.69, 9.17) is 5.11 Å². The van der Waals surface area contributed by atoms with Crippen LogP contribution in [0.5, 0.6) is 0 Å². The Labute approximate surface area is 115 Å². The van der Waals surface area contributed by atoms with Crippen molar-refractivity contribution >= 4 is 0 Å². The molecule has 2 aromatic rings. The van der Waals surface area contributed by atoms with Crippen molar-refractivity contribution in [2.75, 3.05) is 0 Å². The quantitative estimate of drug-likeness (QED) is 0.665. The first-order valence-electron chi connectivity index (χ1n) is 5.89. The predicted molar refractivity (Wildman–Crippen MR) is 68.6 cm³/mol. The van der Waals surface area contributed by atoms with Gasteiger partial charge < -0.3 is 5.11 Å². The number of hydrogen-bond donors (Lipinski definition) is 1. The summed E-state index contributed by atoms with van der Waals surface area (Å²) in [4.78, 5) is 0. The topological polar surface area (TPSA) is 20.2 Å². The van der Waals surface area contributed by atoms with Gasteiger partial charge in [-0.25, -0.2) is 24.3 Å². The molecular weight excluding hydrogens is 252 g/mol. The first kappa shape index (κ1) is 16.2. The van der Waals surface area contributed by atoms with E-state index in [0.29, 0.717) is 0 Å². The molecule has 0 fully saturated rings. The molecule has 0 heterocycles. The molecule has 0 aliphatic rings. The van der Waals surface area contributed by atoms with Crippen molar-refractivity contribution in [3.05, 3.63) is 59.7 Å². The van der Waals surface area contributed by atoms with E-state index in [1.807, 2.05) is 42.5 Å². The summed E-state index contributed by atoms with van der Waals surface area (Å²) < 4.78 is 0. The van der Waals surface area contributed by atoms with Gasteiger partial charge >= 0.3 is 17.1 Å². The minimum atomic E-state index is 0. The minimum Gasteiger partial charge on any atom is -0.404 e. The molecule has 0 spiro atoms. The van der Waals surface area contributed by atoms with Crippen LogP contribution < -0.4 is 0 Å². The van der Waals surface area contributed by atoms with Crippen LogP contribution in [0.4, 0.5) is 0 Å². The average molecular weight is 272 g/mol. The summed E-state index contributed by atoms with van der Waals surface area (Å²) in [5, 5.41) is 8.91. The van der Waals surface area contributed by atoms with Crippen LogP contribution in [-0.4, -0.2) is 5.11 Å². The van der Waals surface area contributed by atoms with Gasteiger partial charge in [0.2, 0.25) is 0 Å². The Balaban J connectivity index is 0.000000360. The Hall–Kier alpha value is -0.821. The van der Waals surface area contributed by atoms with Crippen molar-refractivity contribution in [3.63, 3.8) is 0 Å². The maximum atomic E-state index is 8.91. The molecule has 2 aromatic carbocycles. The van der Waals surface area contributed by atoms with Crippen LogP contribution in [0, 0.1) is 0 Å². The molecule has 0 aliphatic heterocycles. The zero-order chi connectivity index (χ0) is 11.6. The second-order valence-electron chi connectivity index (χ2n) is 3.80. The van der Waals surface area contributed by atoms with Gasteiger partial charge in [0.25, 0.3) is 0 Å². The van der Waals surface area contributed by atoms with Gasteiger partial charge in [-0.1, -0.05) is 26.2 Å². The van der Waals surface area contributed by atoms with Gasteiger partial charge in [-0.2, -0.15) is 29.8 Å². The van der Waals surface area contributed by atoms with E-state index in [-0.39, 0.29) is 23.7 Å². The molecule has 1 nitrogen and oxygen atoms in total. The van der Waals surface area contributed by atoms with E-state index in [9.17, 15) is 0 Å². The van der Waals surface area contributed by atoms with Crippen LogP contribution in [0.2, 0.25) is 0 Å². The fraction of sp³-hybridized carbons (Fsp3) is 0.333. The van der Waals surface area contributed by atoms with Crippen LogP contribution in [0.1, 0.15) is 30.9 Å². The van der Waals surface area contributed by atoms with Crippen LogP contribution in [0.15, 0.2) is 48.5 Å². The Morgan fingerprint density at radius 3 is 2.41 bits per heavy atom.